The highest BCUT2D eigenvalue weighted by molar-refractivity contribution is 5.77. The van der Waals surface area contributed by atoms with Gasteiger partial charge in [0.05, 0.1) is 5.92 Å². The molecule has 0 spiro atoms. The van der Waals surface area contributed by atoms with E-state index in [1.54, 1.807) is 0 Å². The highest BCUT2D eigenvalue weighted by Gasteiger charge is 2.36. The summed E-state index contributed by atoms with van der Waals surface area (Å²) < 4.78 is 0. The van der Waals surface area contributed by atoms with Crippen molar-refractivity contribution in [3.05, 3.63) is 0 Å². The van der Waals surface area contributed by atoms with Gasteiger partial charge >= 0.3 is 12.0 Å². The van der Waals surface area contributed by atoms with Crippen LogP contribution in [0, 0.1) is 11.8 Å². The topological polar surface area (TPSA) is 95.7 Å². The summed E-state index contributed by atoms with van der Waals surface area (Å²) in [5, 5.41) is 11.5. The molecule has 1 aliphatic rings. The lowest BCUT2D eigenvalue weighted by atomic mass is 9.99. The summed E-state index contributed by atoms with van der Waals surface area (Å²) in [6, 6.07) is -0.226. The van der Waals surface area contributed by atoms with Crippen LogP contribution in [0.15, 0.2) is 0 Å². The van der Waals surface area contributed by atoms with Crippen molar-refractivity contribution >= 4 is 12.0 Å². The van der Waals surface area contributed by atoms with Crippen LogP contribution in [-0.4, -0.2) is 48.2 Å². The zero-order valence-electron chi connectivity index (χ0n) is 8.77. The van der Waals surface area contributed by atoms with E-state index < -0.39 is 11.9 Å². The van der Waals surface area contributed by atoms with Crippen LogP contribution in [0.1, 0.15) is 6.92 Å². The summed E-state index contributed by atoms with van der Waals surface area (Å²) in [6.45, 7) is 3.42. The third-order valence-electron chi connectivity index (χ3n) is 2.64. The van der Waals surface area contributed by atoms with E-state index in [-0.39, 0.29) is 18.5 Å². The number of aliphatic carboxylic acids is 1. The number of urea groups is 1. The Morgan fingerprint density at radius 2 is 2.20 bits per heavy atom. The average Bonchev–Trinajstić information content (AvgIpc) is 2.56. The third kappa shape index (κ3) is 2.82. The summed E-state index contributed by atoms with van der Waals surface area (Å²) in [5.74, 6) is -1.28. The second-order valence-corrected chi connectivity index (χ2v) is 3.85. The lowest BCUT2D eigenvalue weighted by Crippen LogP contribution is -2.41. The van der Waals surface area contributed by atoms with Crippen LogP contribution in [0.4, 0.5) is 4.79 Å². The van der Waals surface area contributed by atoms with E-state index in [1.165, 1.54) is 4.90 Å². The largest absolute Gasteiger partial charge is 0.481 e. The molecule has 1 saturated heterocycles. The van der Waals surface area contributed by atoms with Crippen LogP contribution >= 0.6 is 0 Å². The maximum Gasteiger partial charge on any atom is 0.317 e. The number of nitrogens with two attached hydrogens (primary N) is 1. The summed E-state index contributed by atoms with van der Waals surface area (Å²) >= 11 is 0. The summed E-state index contributed by atoms with van der Waals surface area (Å²) in [4.78, 5) is 23.8. The van der Waals surface area contributed by atoms with E-state index in [4.69, 9.17) is 10.8 Å². The van der Waals surface area contributed by atoms with Gasteiger partial charge in [0, 0.05) is 26.2 Å². The first-order chi connectivity index (χ1) is 7.06. The predicted molar refractivity (Wildman–Crippen MR) is 54.3 cm³/mol. The molecular formula is C9H17N3O3. The maximum absolute atomic E-state index is 11.5. The Balaban J connectivity index is 2.47. The monoisotopic (exact) mass is 215 g/mol. The van der Waals surface area contributed by atoms with Crippen molar-refractivity contribution in [3.8, 4) is 0 Å². The van der Waals surface area contributed by atoms with Crippen LogP contribution in [0.2, 0.25) is 0 Å². The van der Waals surface area contributed by atoms with Gasteiger partial charge in [-0.15, -0.1) is 0 Å². The molecule has 15 heavy (non-hydrogen) atoms. The van der Waals surface area contributed by atoms with Crippen LogP contribution < -0.4 is 11.1 Å². The van der Waals surface area contributed by atoms with Gasteiger partial charge in [0.2, 0.25) is 0 Å². The molecule has 6 heteroatoms. The molecule has 4 N–H and O–H groups in total. The fraction of sp³-hybridized carbons (Fsp3) is 0.778. The number of rotatable bonds is 3. The Kier molecular flexibility index (Phi) is 3.90. The van der Waals surface area contributed by atoms with Gasteiger partial charge in [-0.05, 0) is 5.92 Å². The van der Waals surface area contributed by atoms with Crippen molar-refractivity contribution in [2.75, 3.05) is 26.2 Å². The molecule has 2 atom stereocenters. The number of nitrogens with one attached hydrogen (secondary N) is 1. The maximum atomic E-state index is 11.5. The molecule has 0 radical (unpaired) electrons. The number of likely N-dealkylation sites (tertiary alicyclic amines) is 1. The summed E-state index contributed by atoms with van der Waals surface area (Å²) in [6.07, 6.45) is 0. The second-order valence-electron chi connectivity index (χ2n) is 3.85. The molecule has 0 aromatic heterocycles. The minimum absolute atomic E-state index is 0.00567. The molecule has 86 valence electrons. The van der Waals surface area contributed by atoms with E-state index in [1.807, 2.05) is 6.92 Å². The first kappa shape index (κ1) is 11.8. The van der Waals surface area contributed by atoms with E-state index in [2.05, 4.69) is 5.32 Å². The Morgan fingerprint density at radius 3 is 2.67 bits per heavy atom. The molecular weight excluding hydrogens is 198 g/mol. The Bertz CT molecular complexity index is 257. The number of carboxylic acid groups (broad SMARTS) is 1. The van der Waals surface area contributed by atoms with E-state index in [0.29, 0.717) is 19.6 Å². The molecule has 0 aromatic carbocycles. The normalized spacial score (nSPS) is 25.3. The molecule has 1 rings (SSSR count). The third-order valence-corrected chi connectivity index (χ3v) is 2.64. The van der Waals surface area contributed by atoms with Gasteiger partial charge in [0.1, 0.15) is 0 Å². The highest BCUT2D eigenvalue weighted by atomic mass is 16.4. The molecule has 0 bridgehead atoms. The number of carbonyl (C=O) groups is 2. The molecule has 0 saturated carbocycles. The number of carbonyl (C=O) groups excluding carboxylic acids is 1. The number of nitrogens with zero attached hydrogens (tertiary/aromatic N) is 1. The Morgan fingerprint density at radius 1 is 1.53 bits per heavy atom. The molecule has 1 heterocycles. The molecule has 2 unspecified atom stereocenters. The first-order valence-corrected chi connectivity index (χ1v) is 5.02. The van der Waals surface area contributed by atoms with Crippen LogP contribution in [0.3, 0.4) is 0 Å². The molecule has 6 nitrogen and oxygen atoms in total. The smallest absolute Gasteiger partial charge is 0.317 e. The summed E-state index contributed by atoms with van der Waals surface area (Å²) in [7, 11) is 0. The standard InChI is InChI=1S/C9H17N3O3/c1-6-4-12(5-7(6)8(13)14)9(15)11-3-2-10/h6-7H,2-5,10H2,1H3,(H,11,15)(H,13,14). The SMILES string of the molecule is CC1CN(C(=O)NCCN)CC1C(=O)O. The van der Waals surface area contributed by atoms with Crippen molar-refractivity contribution < 1.29 is 14.7 Å². The number of hydrogen-bond donors (Lipinski definition) is 3. The van der Waals surface area contributed by atoms with Gasteiger partial charge in [0.25, 0.3) is 0 Å². The summed E-state index contributed by atoms with van der Waals surface area (Å²) in [5.41, 5.74) is 5.25. The van der Waals surface area contributed by atoms with Crippen molar-refractivity contribution in [2.45, 2.75) is 6.92 Å². The minimum atomic E-state index is -0.836. The van der Waals surface area contributed by atoms with Gasteiger partial charge in [0.15, 0.2) is 0 Å². The lowest BCUT2D eigenvalue weighted by molar-refractivity contribution is -0.142. The molecule has 2 amide bonds. The zero-order valence-corrected chi connectivity index (χ0v) is 8.77. The van der Waals surface area contributed by atoms with E-state index >= 15 is 0 Å². The highest BCUT2D eigenvalue weighted by Crippen LogP contribution is 2.22. The van der Waals surface area contributed by atoms with Crippen LogP contribution in [-0.2, 0) is 4.79 Å². The quantitative estimate of drug-likeness (QED) is 0.580. The number of hydrogen-bond acceptors (Lipinski definition) is 3. The van der Waals surface area contributed by atoms with Crippen molar-refractivity contribution in [2.24, 2.45) is 17.6 Å². The van der Waals surface area contributed by atoms with Gasteiger partial charge in [-0.2, -0.15) is 0 Å². The molecule has 1 fully saturated rings. The van der Waals surface area contributed by atoms with Crippen molar-refractivity contribution in [1.82, 2.24) is 10.2 Å². The van der Waals surface area contributed by atoms with E-state index in [9.17, 15) is 9.59 Å². The Hall–Kier alpha value is -1.30. The van der Waals surface area contributed by atoms with Crippen molar-refractivity contribution in [3.63, 3.8) is 0 Å². The second kappa shape index (κ2) is 4.97. The van der Waals surface area contributed by atoms with E-state index in [0.717, 1.165) is 0 Å². The number of carboxylic acids is 1. The van der Waals surface area contributed by atoms with Crippen molar-refractivity contribution in [1.29, 1.82) is 0 Å². The van der Waals surface area contributed by atoms with Crippen LogP contribution in [0.5, 0.6) is 0 Å². The van der Waals surface area contributed by atoms with Crippen LogP contribution in [0.25, 0.3) is 0 Å². The average molecular weight is 215 g/mol. The molecule has 0 aromatic rings. The number of amides is 2. The lowest BCUT2D eigenvalue weighted by Gasteiger charge is -2.16. The van der Waals surface area contributed by atoms with Gasteiger partial charge in [-0.25, -0.2) is 4.79 Å². The Labute approximate surface area is 88.4 Å². The molecule has 0 aliphatic carbocycles. The van der Waals surface area contributed by atoms with Gasteiger partial charge in [-0.1, -0.05) is 6.92 Å². The zero-order chi connectivity index (χ0) is 11.4. The fourth-order valence-corrected chi connectivity index (χ4v) is 1.74. The fourth-order valence-electron chi connectivity index (χ4n) is 1.74. The van der Waals surface area contributed by atoms with Gasteiger partial charge < -0.3 is 21.1 Å². The molecule has 1 aliphatic heterocycles. The van der Waals surface area contributed by atoms with Gasteiger partial charge in [-0.3, -0.25) is 4.79 Å². The minimum Gasteiger partial charge on any atom is -0.481 e. The predicted octanol–water partition coefficient (Wildman–Crippen LogP) is -0.693. The first-order valence-electron chi connectivity index (χ1n) is 5.02.